The van der Waals surface area contributed by atoms with Crippen LogP contribution in [0.15, 0.2) is 18.2 Å². The molecule has 1 aliphatic rings. The summed E-state index contributed by atoms with van der Waals surface area (Å²) in [5.74, 6) is 0.351. The minimum absolute atomic E-state index is 0.0636. The second-order valence-corrected chi connectivity index (χ2v) is 7.85. The van der Waals surface area contributed by atoms with Gasteiger partial charge in [0.1, 0.15) is 0 Å². The normalized spacial score (nSPS) is 16.8. The molecule has 0 saturated carbocycles. The Hall–Kier alpha value is -1.87. The van der Waals surface area contributed by atoms with Crippen LogP contribution >= 0.6 is 0 Å². The second-order valence-electron chi connectivity index (χ2n) is 5.59. The predicted octanol–water partition coefficient (Wildman–Crippen LogP) is 2.22. The average molecular weight is 357 g/mol. The molecule has 1 aliphatic heterocycles. The molecule has 0 unspecified atom stereocenters. The number of nitro benzene ring substituents is 1. The number of nitrogens with one attached hydrogen (secondary N) is 1. The minimum Gasteiger partial charge on any atom is -0.487 e. The van der Waals surface area contributed by atoms with E-state index >= 15 is 0 Å². The zero-order valence-corrected chi connectivity index (χ0v) is 14.7. The highest BCUT2D eigenvalue weighted by Crippen LogP contribution is 2.31. The van der Waals surface area contributed by atoms with Gasteiger partial charge in [-0.25, -0.2) is 12.7 Å². The topological polar surface area (TPSA) is 102 Å². The van der Waals surface area contributed by atoms with Crippen molar-refractivity contribution in [2.24, 2.45) is 0 Å². The molecule has 1 aromatic carbocycles. The monoisotopic (exact) mass is 357 g/mol. The van der Waals surface area contributed by atoms with Crippen LogP contribution in [0.2, 0.25) is 0 Å². The van der Waals surface area contributed by atoms with E-state index in [1.807, 2.05) is 0 Å². The maximum absolute atomic E-state index is 11.9. The van der Waals surface area contributed by atoms with Gasteiger partial charge in [0.25, 0.3) is 0 Å². The third-order valence-corrected chi connectivity index (χ3v) is 5.92. The van der Waals surface area contributed by atoms with Crippen molar-refractivity contribution >= 4 is 21.4 Å². The Bertz CT molecular complexity index is 684. The predicted molar refractivity (Wildman–Crippen MR) is 91.9 cm³/mol. The van der Waals surface area contributed by atoms with Gasteiger partial charge in [0, 0.05) is 37.0 Å². The summed E-state index contributed by atoms with van der Waals surface area (Å²) in [6.45, 7) is 4.73. The van der Waals surface area contributed by atoms with Gasteiger partial charge in [-0.15, -0.1) is 0 Å². The molecule has 1 N–H and O–H groups in total. The highest BCUT2D eigenvalue weighted by atomic mass is 32.2. The quantitative estimate of drug-likeness (QED) is 0.593. The fourth-order valence-corrected chi connectivity index (χ4v) is 3.85. The summed E-state index contributed by atoms with van der Waals surface area (Å²) in [5.41, 5.74) is 0.673. The van der Waals surface area contributed by atoms with Gasteiger partial charge < -0.3 is 10.1 Å². The second kappa shape index (κ2) is 7.80. The number of ether oxygens (including phenoxy) is 1. The molecule has 2 rings (SSSR count). The molecule has 0 aromatic heterocycles. The zero-order chi connectivity index (χ0) is 17.7. The third kappa shape index (κ3) is 4.35. The van der Waals surface area contributed by atoms with E-state index < -0.39 is 14.9 Å². The van der Waals surface area contributed by atoms with Crippen LogP contribution in [0.4, 0.5) is 11.4 Å². The van der Waals surface area contributed by atoms with Crippen molar-refractivity contribution in [2.75, 3.05) is 30.8 Å². The lowest BCUT2D eigenvalue weighted by molar-refractivity contribution is -0.385. The molecule has 8 nitrogen and oxygen atoms in total. The third-order valence-electron chi connectivity index (χ3n) is 4.04. The summed E-state index contributed by atoms with van der Waals surface area (Å²) in [4.78, 5) is 10.5. The lowest BCUT2D eigenvalue weighted by Gasteiger charge is -2.31. The van der Waals surface area contributed by atoms with E-state index in [4.69, 9.17) is 4.74 Å². The van der Waals surface area contributed by atoms with Crippen LogP contribution in [0.25, 0.3) is 0 Å². The summed E-state index contributed by atoms with van der Waals surface area (Å²) in [5, 5.41) is 14.3. The molecule has 134 valence electrons. The Balaban J connectivity index is 2.02. The van der Waals surface area contributed by atoms with Gasteiger partial charge in [0.2, 0.25) is 10.0 Å². The number of rotatable bonds is 7. The fraction of sp³-hybridized carbons (Fsp3) is 0.600. The van der Waals surface area contributed by atoms with Crippen LogP contribution in [-0.4, -0.2) is 49.1 Å². The van der Waals surface area contributed by atoms with Gasteiger partial charge in [-0.05, 0) is 32.8 Å². The van der Waals surface area contributed by atoms with Crippen molar-refractivity contribution in [2.45, 2.75) is 32.7 Å². The Labute approximate surface area is 142 Å². The first-order chi connectivity index (χ1) is 11.4. The first-order valence-corrected chi connectivity index (χ1v) is 9.64. The lowest BCUT2D eigenvalue weighted by atomic mass is 10.1. The number of anilines is 1. The molecule has 0 amide bonds. The van der Waals surface area contributed by atoms with Crippen LogP contribution in [0.5, 0.6) is 5.75 Å². The van der Waals surface area contributed by atoms with Crippen molar-refractivity contribution in [3.8, 4) is 5.75 Å². The number of hydrogen-bond donors (Lipinski definition) is 1. The maximum Gasteiger partial charge on any atom is 0.311 e. The summed E-state index contributed by atoms with van der Waals surface area (Å²) in [6, 6.07) is 4.82. The lowest BCUT2D eigenvalue weighted by Crippen LogP contribution is -2.42. The molecule has 1 heterocycles. The van der Waals surface area contributed by atoms with Crippen molar-refractivity contribution in [3.63, 3.8) is 0 Å². The average Bonchev–Trinajstić information content (AvgIpc) is 2.55. The standard InChI is InChI=1S/C15H23N3O5S/c1-3-23-15-11-13(5-6-14(15)18(19)20)16-12-7-9-17(10-8-12)24(21,22)4-2/h5-6,11-12,16H,3-4,7-10H2,1-2H3. The van der Waals surface area contributed by atoms with Gasteiger partial charge in [0.15, 0.2) is 5.75 Å². The van der Waals surface area contributed by atoms with Gasteiger partial charge in [-0.2, -0.15) is 0 Å². The number of nitrogens with zero attached hydrogens (tertiary/aromatic N) is 2. The molecule has 9 heteroatoms. The Morgan fingerprint density at radius 2 is 2.00 bits per heavy atom. The first-order valence-electron chi connectivity index (χ1n) is 8.03. The number of nitro groups is 1. The number of benzene rings is 1. The van der Waals surface area contributed by atoms with Gasteiger partial charge in [0.05, 0.1) is 17.3 Å². The molecule has 24 heavy (non-hydrogen) atoms. The zero-order valence-electron chi connectivity index (χ0n) is 13.9. The summed E-state index contributed by atoms with van der Waals surface area (Å²) < 4.78 is 30.6. The Kier molecular flexibility index (Phi) is 6.00. The van der Waals surface area contributed by atoms with E-state index in [0.717, 1.165) is 5.69 Å². The van der Waals surface area contributed by atoms with E-state index in [1.165, 1.54) is 10.4 Å². The highest BCUT2D eigenvalue weighted by Gasteiger charge is 2.27. The van der Waals surface area contributed by atoms with Crippen LogP contribution < -0.4 is 10.1 Å². The Morgan fingerprint density at radius 3 is 2.54 bits per heavy atom. The van der Waals surface area contributed by atoms with E-state index in [9.17, 15) is 18.5 Å². The number of sulfonamides is 1. The van der Waals surface area contributed by atoms with Crippen molar-refractivity contribution in [1.82, 2.24) is 4.31 Å². The number of hydrogen-bond acceptors (Lipinski definition) is 6. The molecule has 1 aromatic rings. The summed E-state index contributed by atoms with van der Waals surface area (Å²) in [7, 11) is -3.14. The largest absolute Gasteiger partial charge is 0.487 e. The van der Waals surface area contributed by atoms with E-state index in [2.05, 4.69) is 5.32 Å². The van der Waals surface area contributed by atoms with E-state index in [-0.39, 0.29) is 23.2 Å². The van der Waals surface area contributed by atoms with Crippen LogP contribution in [0.1, 0.15) is 26.7 Å². The van der Waals surface area contributed by atoms with Crippen molar-refractivity contribution in [3.05, 3.63) is 28.3 Å². The number of piperidine rings is 1. The van der Waals surface area contributed by atoms with Gasteiger partial charge in [-0.3, -0.25) is 10.1 Å². The van der Waals surface area contributed by atoms with Crippen LogP contribution in [0.3, 0.4) is 0 Å². The first kappa shape index (κ1) is 18.5. The van der Waals surface area contributed by atoms with Gasteiger partial charge in [-0.1, -0.05) is 0 Å². The van der Waals surface area contributed by atoms with Crippen molar-refractivity contribution < 1.29 is 18.1 Å². The molecule has 0 aliphatic carbocycles. The molecule has 0 bridgehead atoms. The Morgan fingerprint density at radius 1 is 1.33 bits per heavy atom. The van der Waals surface area contributed by atoms with E-state index in [0.29, 0.717) is 32.5 Å². The molecule has 0 atom stereocenters. The molecule has 1 fully saturated rings. The minimum atomic E-state index is -3.14. The summed E-state index contributed by atoms with van der Waals surface area (Å²) in [6.07, 6.45) is 1.39. The SMILES string of the molecule is CCOc1cc(NC2CCN(S(=O)(=O)CC)CC2)ccc1[N+](=O)[O-]. The molecular weight excluding hydrogens is 334 g/mol. The smallest absolute Gasteiger partial charge is 0.311 e. The van der Waals surface area contributed by atoms with Gasteiger partial charge >= 0.3 is 5.69 Å². The highest BCUT2D eigenvalue weighted by molar-refractivity contribution is 7.89. The summed E-state index contributed by atoms with van der Waals surface area (Å²) >= 11 is 0. The molecule has 0 radical (unpaired) electrons. The van der Waals surface area contributed by atoms with Crippen molar-refractivity contribution in [1.29, 1.82) is 0 Å². The van der Waals surface area contributed by atoms with Crippen LogP contribution in [-0.2, 0) is 10.0 Å². The molecular formula is C15H23N3O5S. The molecule has 0 spiro atoms. The maximum atomic E-state index is 11.9. The van der Waals surface area contributed by atoms with E-state index in [1.54, 1.807) is 26.0 Å². The fourth-order valence-electron chi connectivity index (χ4n) is 2.72. The molecule has 1 saturated heterocycles. The van der Waals surface area contributed by atoms with Crippen LogP contribution in [0, 0.1) is 10.1 Å².